The summed E-state index contributed by atoms with van der Waals surface area (Å²) >= 11 is 0. The minimum atomic E-state index is -0.811. The summed E-state index contributed by atoms with van der Waals surface area (Å²) < 4.78 is 29.9. The summed E-state index contributed by atoms with van der Waals surface area (Å²) in [5, 5.41) is 9.38. The van der Waals surface area contributed by atoms with Gasteiger partial charge in [0.25, 0.3) is 0 Å². The lowest BCUT2D eigenvalue weighted by atomic mass is 9.92. The standard InChI is InChI=1S/2C17H18O3.C16H16O3.C9H10O2/c2*1-19-15-10-6-7-13(11-15)12-16(17(18)20-2)14-8-4-3-5-9-14;1-19-14-9-5-6-12(10-14)11-15(16(17)18)13-7-3-2-4-8-13;1-11-9(10)7-8-5-3-2-4-6-8/h2*3-11,16H,12H2,1-2H3;2-10,15H,11H2,1H3,(H,17,18);2-6H,7H2,1H3. The van der Waals surface area contributed by atoms with Gasteiger partial charge in [0.05, 0.1) is 66.8 Å². The molecule has 7 rings (SSSR count). The van der Waals surface area contributed by atoms with Crippen molar-refractivity contribution in [1.29, 1.82) is 0 Å². The molecule has 70 heavy (non-hydrogen) atoms. The SMILES string of the molecule is COC(=O)C(Cc1cccc(OC)c1)c1ccccc1.COC(=O)C(Cc1cccc(OC)c1)c1ccccc1.COC(=O)Cc1ccccc1.COc1cccc(CC(C(=O)O)c2ccccc2)c1. The number of carboxylic acids is 1. The Balaban J connectivity index is 0.000000207. The van der Waals surface area contributed by atoms with E-state index in [0.29, 0.717) is 25.7 Å². The summed E-state index contributed by atoms with van der Waals surface area (Å²) in [4.78, 5) is 46.2. The summed E-state index contributed by atoms with van der Waals surface area (Å²) in [6.07, 6.45) is 2.00. The van der Waals surface area contributed by atoms with Crippen molar-refractivity contribution < 1.29 is 52.7 Å². The molecule has 0 bridgehead atoms. The Hall–Kier alpha value is -8.18. The number of hydrogen-bond acceptors (Lipinski definition) is 10. The number of ether oxygens (including phenoxy) is 6. The molecule has 0 aromatic heterocycles. The first kappa shape index (κ1) is 54.4. The number of aliphatic carboxylic acids is 1. The number of hydrogen-bond donors (Lipinski definition) is 1. The van der Waals surface area contributed by atoms with Crippen molar-refractivity contribution in [2.45, 2.75) is 43.4 Å². The van der Waals surface area contributed by atoms with Gasteiger partial charge in [-0.2, -0.15) is 0 Å². The summed E-state index contributed by atoms with van der Waals surface area (Å²) in [6.45, 7) is 0. The molecule has 0 saturated heterocycles. The highest BCUT2D eigenvalue weighted by atomic mass is 16.5. The Morgan fingerprint density at radius 2 is 0.671 bits per heavy atom. The third-order valence-corrected chi connectivity index (χ3v) is 11.0. The van der Waals surface area contributed by atoms with Crippen molar-refractivity contribution in [1.82, 2.24) is 0 Å². The maximum atomic E-state index is 12.0. The maximum absolute atomic E-state index is 12.0. The molecule has 0 aliphatic rings. The monoisotopic (exact) mass is 946 g/mol. The van der Waals surface area contributed by atoms with Crippen LogP contribution in [-0.2, 0) is 59.1 Å². The number of carbonyl (C=O) groups is 4. The van der Waals surface area contributed by atoms with Gasteiger partial charge in [0.2, 0.25) is 0 Å². The fourth-order valence-corrected chi connectivity index (χ4v) is 7.30. The number of methoxy groups -OCH3 is 6. The number of carboxylic acid groups (broad SMARTS) is 1. The number of rotatable bonds is 17. The van der Waals surface area contributed by atoms with E-state index in [1.165, 1.54) is 21.3 Å². The first-order valence-electron chi connectivity index (χ1n) is 22.5. The van der Waals surface area contributed by atoms with Gasteiger partial charge in [-0.15, -0.1) is 0 Å². The van der Waals surface area contributed by atoms with E-state index < -0.39 is 11.9 Å². The third-order valence-electron chi connectivity index (χ3n) is 11.0. The maximum Gasteiger partial charge on any atom is 0.313 e. The van der Waals surface area contributed by atoms with Crippen LogP contribution in [0.1, 0.15) is 56.7 Å². The van der Waals surface area contributed by atoms with Crippen LogP contribution in [0, 0.1) is 0 Å². The molecule has 0 fully saturated rings. The van der Waals surface area contributed by atoms with Crippen molar-refractivity contribution in [3.8, 4) is 17.2 Å². The second-order valence-corrected chi connectivity index (χ2v) is 15.7. The fraction of sp³-hybridized carbons (Fsp3) is 0.220. The van der Waals surface area contributed by atoms with E-state index in [1.54, 1.807) is 21.3 Å². The molecule has 0 saturated carbocycles. The Labute approximate surface area is 411 Å². The number of benzene rings is 7. The molecule has 0 radical (unpaired) electrons. The molecule has 0 spiro atoms. The topological polar surface area (TPSA) is 144 Å². The van der Waals surface area contributed by atoms with Gasteiger partial charge in [-0.05, 0) is 94.6 Å². The van der Waals surface area contributed by atoms with Crippen LogP contribution in [0.25, 0.3) is 0 Å². The van der Waals surface area contributed by atoms with E-state index in [1.807, 2.05) is 194 Å². The smallest absolute Gasteiger partial charge is 0.313 e. The van der Waals surface area contributed by atoms with Crippen LogP contribution in [0.15, 0.2) is 194 Å². The molecule has 3 atom stereocenters. The summed E-state index contributed by atoms with van der Waals surface area (Å²) in [6, 6.07) is 61.2. The van der Waals surface area contributed by atoms with E-state index in [-0.39, 0.29) is 29.7 Å². The lowest BCUT2D eigenvalue weighted by Gasteiger charge is -2.15. The molecule has 7 aromatic carbocycles. The van der Waals surface area contributed by atoms with Crippen LogP contribution in [0.5, 0.6) is 17.2 Å². The van der Waals surface area contributed by atoms with E-state index in [9.17, 15) is 24.3 Å². The first-order chi connectivity index (χ1) is 34.0. The van der Waals surface area contributed by atoms with Gasteiger partial charge in [0, 0.05) is 0 Å². The van der Waals surface area contributed by atoms with Gasteiger partial charge in [0.1, 0.15) is 17.2 Å². The fourth-order valence-electron chi connectivity index (χ4n) is 7.30. The van der Waals surface area contributed by atoms with Gasteiger partial charge >= 0.3 is 23.9 Å². The molecule has 7 aromatic rings. The quantitative estimate of drug-likeness (QED) is 0.0688. The Kier molecular flexibility index (Phi) is 23.5. The Morgan fingerprint density at radius 1 is 0.371 bits per heavy atom. The van der Waals surface area contributed by atoms with Gasteiger partial charge in [-0.1, -0.05) is 158 Å². The van der Waals surface area contributed by atoms with E-state index in [0.717, 1.165) is 56.2 Å². The molecule has 3 unspecified atom stereocenters. The largest absolute Gasteiger partial charge is 0.497 e. The van der Waals surface area contributed by atoms with E-state index in [4.69, 9.17) is 23.7 Å². The molecular formula is C59H62O11. The lowest BCUT2D eigenvalue weighted by molar-refractivity contribution is -0.143. The highest BCUT2D eigenvalue weighted by Crippen LogP contribution is 2.27. The first-order valence-corrected chi connectivity index (χ1v) is 22.5. The van der Waals surface area contributed by atoms with Crippen molar-refractivity contribution in [2.24, 2.45) is 0 Å². The third kappa shape index (κ3) is 18.5. The minimum Gasteiger partial charge on any atom is -0.497 e. The highest BCUT2D eigenvalue weighted by molar-refractivity contribution is 5.79. The molecule has 1 N–H and O–H groups in total. The van der Waals surface area contributed by atoms with E-state index >= 15 is 0 Å². The van der Waals surface area contributed by atoms with E-state index in [2.05, 4.69) is 4.74 Å². The second kappa shape index (κ2) is 30.3. The Morgan fingerprint density at radius 3 is 0.971 bits per heavy atom. The van der Waals surface area contributed by atoms with Crippen LogP contribution < -0.4 is 14.2 Å². The van der Waals surface area contributed by atoms with Gasteiger partial charge in [0.15, 0.2) is 0 Å². The van der Waals surface area contributed by atoms with Gasteiger partial charge < -0.3 is 33.5 Å². The molecule has 0 aliphatic carbocycles. The van der Waals surface area contributed by atoms with Crippen molar-refractivity contribution in [3.05, 3.63) is 233 Å². The molecule has 0 aliphatic heterocycles. The van der Waals surface area contributed by atoms with Gasteiger partial charge in [-0.3, -0.25) is 19.2 Å². The molecule has 11 heteroatoms. The normalized spacial score (nSPS) is 11.3. The summed E-state index contributed by atoms with van der Waals surface area (Å²) in [5.74, 6) is -0.258. The zero-order valence-electron chi connectivity index (χ0n) is 40.6. The lowest BCUT2D eigenvalue weighted by Crippen LogP contribution is -2.16. The molecular weight excluding hydrogens is 885 g/mol. The van der Waals surface area contributed by atoms with Gasteiger partial charge in [-0.25, -0.2) is 0 Å². The average molecular weight is 947 g/mol. The van der Waals surface area contributed by atoms with Crippen LogP contribution in [0.3, 0.4) is 0 Å². The van der Waals surface area contributed by atoms with Crippen LogP contribution in [-0.4, -0.2) is 71.6 Å². The molecule has 11 nitrogen and oxygen atoms in total. The average Bonchev–Trinajstić information content (AvgIpc) is 3.42. The summed E-state index contributed by atoms with van der Waals surface area (Å²) in [7, 11) is 9.10. The predicted octanol–water partition coefficient (Wildman–Crippen LogP) is 10.9. The molecule has 0 heterocycles. The highest BCUT2D eigenvalue weighted by Gasteiger charge is 2.23. The van der Waals surface area contributed by atoms with Crippen molar-refractivity contribution in [3.63, 3.8) is 0 Å². The van der Waals surface area contributed by atoms with Crippen LogP contribution in [0.4, 0.5) is 0 Å². The summed E-state index contributed by atoms with van der Waals surface area (Å²) in [5.41, 5.74) is 6.77. The zero-order valence-corrected chi connectivity index (χ0v) is 40.6. The number of esters is 3. The van der Waals surface area contributed by atoms with Crippen molar-refractivity contribution in [2.75, 3.05) is 42.7 Å². The predicted molar refractivity (Wildman–Crippen MR) is 271 cm³/mol. The van der Waals surface area contributed by atoms with Crippen molar-refractivity contribution >= 4 is 23.9 Å². The number of carbonyl (C=O) groups excluding carboxylic acids is 3. The zero-order chi connectivity index (χ0) is 50.5. The molecule has 0 amide bonds. The second-order valence-electron chi connectivity index (χ2n) is 15.7. The van der Waals surface area contributed by atoms with Crippen LogP contribution in [0.2, 0.25) is 0 Å². The minimum absolute atomic E-state index is 0.198. The van der Waals surface area contributed by atoms with Crippen LogP contribution >= 0.6 is 0 Å². The molecule has 364 valence electrons. The Bertz CT molecular complexity index is 2520.